The fourth-order valence-corrected chi connectivity index (χ4v) is 1.73. The highest BCUT2D eigenvalue weighted by atomic mass is 16.5. The van der Waals surface area contributed by atoms with Crippen LogP contribution in [0.15, 0.2) is 60.9 Å². The molecule has 0 saturated heterocycles. The van der Waals surface area contributed by atoms with Gasteiger partial charge in [-0.2, -0.15) is 0 Å². The van der Waals surface area contributed by atoms with E-state index in [2.05, 4.69) is 4.74 Å². The summed E-state index contributed by atoms with van der Waals surface area (Å²) in [5, 5.41) is 0. The fourth-order valence-electron chi connectivity index (χ4n) is 1.73. The zero-order valence-electron chi connectivity index (χ0n) is 11.3. The van der Waals surface area contributed by atoms with Gasteiger partial charge >= 0.3 is 5.97 Å². The second-order valence-electron chi connectivity index (χ2n) is 4.22. The van der Waals surface area contributed by atoms with Gasteiger partial charge in [-0.25, -0.2) is 4.79 Å². The highest BCUT2D eigenvalue weighted by molar-refractivity contribution is 5.89. The van der Waals surface area contributed by atoms with Crippen LogP contribution < -0.4 is 0 Å². The van der Waals surface area contributed by atoms with E-state index < -0.39 is 0 Å². The van der Waals surface area contributed by atoms with Gasteiger partial charge in [0.05, 0.1) is 18.9 Å². The van der Waals surface area contributed by atoms with E-state index in [4.69, 9.17) is 4.74 Å². The highest BCUT2D eigenvalue weighted by Crippen LogP contribution is 2.09. The minimum Gasteiger partial charge on any atom is -0.496 e. The van der Waals surface area contributed by atoms with Crippen LogP contribution in [0, 0.1) is 0 Å². The number of ether oxygens (including phenoxy) is 2. The molecule has 0 heterocycles. The molecular weight excluding hydrogens is 252 g/mol. The van der Waals surface area contributed by atoms with Crippen LogP contribution in [0.25, 0.3) is 6.08 Å². The van der Waals surface area contributed by atoms with Crippen LogP contribution in [0.4, 0.5) is 0 Å². The number of carbonyl (C=O) groups is 1. The third-order valence-corrected chi connectivity index (χ3v) is 2.76. The molecule has 0 aliphatic heterocycles. The summed E-state index contributed by atoms with van der Waals surface area (Å²) in [6, 6.07) is 17.1. The highest BCUT2D eigenvalue weighted by Gasteiger charge is 2.03. The van der Waals surface area contributed by atoms with Crippen molar-refractivity contribution >= 4 is 12.0 Å². The zero-order chi connectivity index (χ0) is 14.2. The van der Waals surface area contributed by atoms with Crippen LogP contribution in [0.2, 0.25) is 0 Å². The first-order valence-corrected chi connectivity index (χ1v) is 6.30. The van der Waals surface area contributed by atoms with Gasteiger partial charge in [-0.3, -0.25) is 0 Å². The van der Waals surface area contributed by atoms with Crippen molar-refractivity contribution in [2.45, 2.75) is 6.61 Å². The van der Waals surface area contributed by atoms with Gasteiger partial charge in [-0.15, -0.1) is 0 Å². The van der Waals surface area contributed by atoms with Gasteiger partial charge in [0, 0.05) is 0 Å². The predicted molar refractivity (Wildman–Crippen MR) is 78.0 cm³/mol. The van der Waals surface area contributed by atoms with E-state index in [-0.39, 0.29) is 5.97 Å². The van der Waals surface area contributed by atoms with Crippen molar-refractivity contribution in [3.8, 4) is 0 Å². The molecule has 0 aromatic heterocycles. The van der Waals surface area contributed by atoms with E-state index in [1.807, 2.05) is 48.5 Å². The average Bonchev–Trinajstić information content (AvgIpc) is 2.52. The maximum absolute atomic E-state index is 11.4. The van der Waals surface area contributed by atoms with E-state index in [1.54, 1.807) is 18.4 Å². The number of esters is 1. The topological polar surface area (TPSA) is 35.5 Å². The van der Waals surface area contributed by atoms with Crippen LogP contribution in [-0.2, 0) is 16.1 Å². The first kappa shape index (κ1) is 13.9. The molecule has 2 rings (SSSR count). The number of methoxy groups -OCH3 is 1. The molecule has 20 heavy (non-hydrogen) atoms. The van der Waals surface area contributed by atoms with Gasteiger partial charge < -0.3 is 9.47 Å². The van der Waals surface area contributed by atoms with E-state index in [0.29, 0.717) is 12.2 Å². The van der Waals surface area contributed by atoms with Crippen LogP contribution >= 0.6 is 0 Å². The van der Waals surface area contributed by atoms with Crippen LogP contribution in [0.3, 0.4) is 0 Å². The largest absolute Gasteiger partial charge is 0.496 e. The SMILES string of the molecule is COC(=O)c1cccc(C=COCc2ccccc2)c1. The Morgan fingerprint density at radius 2 is 1.90 bits per heavy atom. The molecule has 0 radical (unpaired) electrons. The monoisotopic (exact) mass is 268 g/mol. The fraction of sp³-hybridized carbons (Fsp3) is 0.118. The molecule has 102 valence electrons. The van der Waals surface area contributed by atoms with E-state index >= 15 is 0 Å². The summed E-state index contributed by atoms with van der Waals surface area (Å²) < 4.78 is 10.1. The lowest BCUT2D eigenvalue weighted by Gasteiger charge is -2.02. The summed E-state index contributed by atoms with van der Waals surface area (Å²) >= 11 is 0. The maximum Gasteiger partial charge on any atom is 0.337 e. The Morgan fingerprint density at radius 1 is 1.10 bits per heavy atom. The van der Waals surface area contributed by atoms with Gasteiger partial charge in [0.1, 0.15) is 6.61 Å². The number of carbonyl (C=O) groups excluding carboxylic acids is 1. The molecule has 3 heteroatoms. The van der Waals surface area contributed by atoms with Gasteiger partial charge in [-0.1, -0.05) is 42.5 Å². The molecule has 0 aliphatic carbocycles. The summed E-state index contributed by atoms with van der Waals surface area (Å²) in [5.41, 5.74) is 2.53. The Kier molecular flexibility index (Phi) is 4.95. The molecule has 2 aromatic rings. The van der Waals surface area contributed by atoms with E-state index in [9.17, 15) is 4.79 Å². The van der Waals surface area contributed by atoms with Crippen LogP contribution in [0.5, 0.6) is 0 Å². The summed E-state index contributed by atoms with van der Waals surface area (Å²) in [6.07, 6.45) is 3.44. The van der Waals surface area contributed by atoms with Crippen LogP contribution in [-0.4, -0.2) is 13.1 Å². The standard InChI is InChI=1S/C17H16O3/c1-19-17(18)16-9-5-8-14(12-16)10-11-20-13-15-6-3-2-4-7-15/h2-12H,13H2,1H3. The van der Waals surface area contributed by atoms with E-state index in [0.717, 1.165) is 11.1 Å². The minimum absolute atomic E-state index is 0.342. The van der Waals surface area contributed by atoms with Crippen LogP contribution in [0.1, 0.15) is 21.5 Å². The third kappa shape index (κ3) is 3.99. The van der Waals surface area contributed by atoms with Crippen molar-refractivity contribution in [1.82, 2.24) is 0 Å². The van der Waals surface area contributed by atoms with Crippen molar-refractivity contribution in [3.05, 3.63) is 77.5 Å². The van der Waals surface area contributed by atoms with Gasteiger partial charge in [0.2, 0.25) is 0 Å². The van der Waals surface area contributed by atoms with Crippen molar-refractivity contribution in [3.63, 3.8) is 0 Å². The summed E-state index contributed by atoms with van der Waals surface area (Å²) in [5.74, 6) is -0.342. The molecule has 0 unspecified atom stereocenters. The molecule has 0 amide bonds. The maximum atomic E-state index is 11.4. The number of rotatable bonds is 5. The van der Waals surface area contributed by atoms with Gasteiger partial charge in [0.15, 0.2) is 0 Å². The molecule has 2 aromatic carbocycles. The summed E-state index contributed by atoms with van der Waals surface area (Å²) in [6.45, 7) is 0.522. The quantitative estimate of drug-likeness (QED) is 0.613. The zero-order valence-corrected chi connectivity index (χ0v) is 11.3. The molecule has 0 atom stereocenters. The van der Waals surface area contributed by atoms with Gasteiger partial charge in [-0.05, 0) is 29.3 Å². The smallest absolute Gasteiger partial charge is 0.337 e. The first-order valence-electron chi connectivity index (χ1n) is 6.30. The predicted octanol–water partition coefficient (Wildman–Crippen LogP) is 3.66. The van der Waals surface area contributed by atoms with Gasteiger partial charge in [0.25, 0.3) is 0 Å². The number of hydrogen-bond donors (Lipinski definition) is 0. The van der Waals surface area contributed by atoms with Crippen molar-refractivity contribution in [2.75, 3.05) is 7.11 Å². The Morgan fingerprint density at radius 3 is 2.65 bits per heavy atom. The molecule has 0 bridgehead atoms. The number of hydrogen-bond acceptors (Lipinski definition) is 3. The molecule has 0 fully saturated rings. The summed E-state index contributed by atoms with van der Waals surface area (Å²) in [4.78, 5) is 11.4. The Hall–Kier alpha value is -2.55. The molecule has 0 spiro atoms. The second-order valence-corrected chi connectivity index (χ2v) is 4.22. The Bertz CT molecular complexity index is 588. The molecule has 0 N–H and O–H groups in total. The molecule has 0 saturated carbocycles. The lowest BCUT2D eigenvalue weighted by molar-refractivity contribution is 0.0600. The lowest BCUT2D eigenvalue weighted by Crippen LogP contribution is -2.00. The number of benzene rings is 2. The normalized spacial score (nSPS) is 10.4. The van der Waals surface area contributed by atoms with Crippen molar-refractivity contribution in [1.29, 1.82) is 0 Å². The average molecular weight is 268 g/mol. The minimum atomic E-state index is -0.342. The second kappa shape index (κ2) is 7.14. The lowest BCUT2D eigenvalue weighted by atomic mass is 10.1. The molecule has 0 aliphatic rings. The van der Waals surface area contributed by atoms with Crippen molar-refractivity contribution < 1.29 is 14.3 Å². The third-order valence-electron chi connectivity index (χ3n) is 2.76. The first-order chi connectivity index (χ1) is 9.79. The Balaban J connectivity index is 1.93. The Labute approximate surface area is 118 Å². The molecule has 3 nitrogen and oxygen atoms in total. The van der Waals surface area contributed by atoms with E-state index in [1.165, 1.54) is 7.11 Å². The molecular formula is C17H16O3. The van der Waals surface area contributed by atoms with Crippen molar-refractivity contribution in [2.24, 2.45) is 0 Å². The summed E-state index contributed by atoms with van der Waals surface area (Å²) in [7, 11) is 1.37.